The lowest BCUT2D eigenvalue weighted by Gasteiger charge is -2.01. The molecule has 7 heteroatoms. The summed E-state index contributed by atoms with van der Waals surface area (Å²) in [5.41, 5.74) is 1.35. The standard InChI is InChI=1S/C13H9N3O2S2/c1-7-11(12(17)18)20-13(15-7)19-10-6-14-16-9-5-3-2-4-8(9)10/h2-6H,1H3,(H,17,18). The van der Waals surface area contributed by atoms with Crippen LogP contribution in [-0.4, -0.2) is 26.3 Å². The summed E-state index contributed by atoms with van der Waals surface area (Å²) in [6, 6.07) is 7.69. The number of nitrogens with zero attached hydrogens (tertiary/aromatic N) is 3. The molecule has 0 amide bonds. The van der Waals surface area contributed by atoms with Gasteiger partial charge in [-0.2, -0.15) is 10.2 Å². The molecule has 0 bridgehead atoms. The second-order valence-corrected chi connectivity index (χ2v) is 6.32. The summed E-state index contributed by atoms with van der Waals surface area (Å²) in [4.78, 5) is 16.5. The van der Waals surface area contributed by atoms with Crippen LogP contribution in [0, 0.1) is 6.92 Å². The minimum Gasteiger partial charge on any atom is -0.477 e. The first-order valence-electron chi connectivity index (χ1n) is 5.74. The Morgan fingerprint density at radius 2 is 2.15 bits per heavy atom. The summed E-state index contributed by atoms with van der Waals surface area (Å²) < 4.78 is 0.693. The molecule has 0 atom stereocenters. The van der Waals surface area contributed by atoms with E-state index in [1.54, 1.807) is 13.1 Å². The van der Waals surface area contributed by atoms with Gasteiger partial charge in [-0.3, -0.25) is 0 Å². The van der Waals surface area contributed by atoms with Crippen molar-refractivity contribution in [2.75, 3.05) is 0 Å². The first kappa shape index (κ1) is 13.0. The molecule has 2 heterocycles. The molecule has 0 aliphatic rings. The monoisotopic (exact) mass is 303 g/mol. The van der Waals surface area contributed by atoms with E-state index in [0.29, 0.717) is 10.0 Å². The van der Waals surface area contributed by atoms with Gasteiger partial charge in [0.15, 0.2) is 4.34 Å². The number of carboxylic acids is 1. The van der Waals surface area contributed by atoms with Gasteiger partial charge in [0.05, 0.1) is 17.4 Å². The molecule has 2 aromatic heterocycles. The first-order valence-corrected chi connectivity index (χ1v) is 7.37. The summed E-state index contributed by atoms with van der Waals surface area (Å²) >= 11 is 2.59. The molecule has 0 spiro atoms. The van der Waals surface area contributed by atoms with Gasteiger partial charge in [0.2, 0.25) is 0 Å². The molecule has 0 saturated heterocycles. The van der Waals surface area contributed by atoms with Crippen LogP contribution in [0.2, 0.25) is 0 Å². The third-order valence-corrected chi connectivity index (χ3v) is 4.93. The topological polar surface area (TPSA) is 76.0 Å². The number of fused-ring (bicyclic) bond motifs is 1. The molecule has 3 rings (SSSR count). The van der Waals surface area contributed by atoms with Crippen LogP contribution in [0.25, 0.3) is 10.9 Å². The Kier molecular flexibility index (Phi) is 3.37. The zero-order valence-corrected chi connectivity index (χ0v) is 12.0. The Balaban J connectivity index is 2.01. The van der Waals surface area contributed by atoms with E-state index in [2.05, 4.69) is 15.2 Å². The first-order chi connectivity index (χ1) is 9.65. The Morgan fingerprint density at radius 1 is 1.35 bits per heavy atom. The molecule has 0 saturated carbocycles. The van der Waals surface area contributed by atoms with Gasteiger partial charge >= 0.3 is 5.97 Å². The summed E-state index contributed by atoms with van der Waals surface area (Å²) in [5, 5.41) is 18.1. The number of carboxylic acid groups (broad SMARTS) is 1. The van der Waals surface area contributed by atoms with E-state index in [-0.39, 0.29) is 4.88 Å². The number of hydrogen-bond donors (Lipinski definition) is 1. The largest absolute Gasteiger partial charge is 0.477 e. The van der Waals surface area contributed by atoms with E-state index in [4.69, 9.17) is 5.11 Å². The third-order valence-electron chi connectivity index (χ3n) is 2.68. The van der Waals surface area contributed by atoms with E-state index in [9.17, 15) is 4.79 Å². The summed E-state index contributed by atoms with van der Waals surface area (Å²) in [7, 11) is 0. The number of aromatic nitrogens is 3. The van der Waals surface area contributed by atoms with Crippen LogP contribution in [0.4, 0.5) is 0 Å². The maximum absolute atomic E-state index is 11.0. The number of carbonyl (C=O) groups is 1. The van der Waals surface area contributed by atoms with Gasteiger partial charge in [-0.05, 0) is 13.0 Å². The SMILES string of the molecule is Cc1nc(Sc2cnnc3ccccc23)sc1C(=O)O. The van der Waals surface area contributed by atoms with Gasteiger partial charge in [-0.15, -0.1) is 11.3 Å². The molecule has 100 valence electrons. The minimum atomic E-state index is -0.940. The highest BCUT2D eigenvalue weighted by Gasteiger charge is 2.15. The second-order valence-electron chi connectivity index (χ2n) is 4.03. The van der Waals surface area contributed by atoms with Crippen LogP contribution in [-0.2, 0) is 0 Å². The van der Waals surface area contributed by atoms with E-state index < -0.39 is 5.97 Å². The molecule has 1 aromatic carbocycles. The van der Waals surface area contributed by atoms with Crippen molar-refractivity contribution in [3.8, 4) is 0 Å². The van der Waals surface area contributed by atoms with Crippen LogP contribution in [0.5, 0.6) is 0 Å². The van der Waals surface area contributed by atoms with Crippen LogP contribution in [0.3, 0.4) is 0 Å². The van der Waals surface area contributed by atoms with Crippen molar-refractivity contribution < 1.29 is 9.90 Å². The Labute approximate surface area is 122 Å². The van der Waals surface area contributed by atoms with Gasteiger partial charge in [0.25, 0.3) is 0 Å². The lowest BCUT2D eigenvalue weighted by atomic mass is 10.2. The quantitative estimate of drug-likeness (QED) is 0.800. The number of thiazole rings is 1. The molecule has 0 radical (unpaired) electrons. The van der Waals surface area contributed by atoms with E-state index in [1.165, 1.54) is 23.1 Å². The van der Waals surface area contributed by atoms with Gasteiger partial charge in [-0.1, -0.05) is 30.0 Å². The van der Waals surface area contributed by atoms with Crippen molar-refractivity contribution in [1.82, 2.24) is 15.2 Å². The fourth-order valence-corrected chi connectivity index (χ4v) is 3.85. The normalized spacial score (nSPS) is 10.8. The zero-order valence-electron chi connectivity index (χ0n) is 10.4. The third kappa shape index (κ3) is 2.37. The van der Waals surface area contributed by atoms with E-state index in [0.717, 1.165) is 15.8 Å². The van der Waals surface area contributed by atoms with Gasteiger partial charge in [-0.25, -0.2) is 9.78 Å². The lowest BCUT2D eigenvalue weighted by molar-refractivity contribution is 0.0701. The second kappa shape index (κ2) is 5.18. The summed E-state index contributed by atoms with van der Waals surface area (Å²) in [5.74, 6) is -0.940. The molecule has 5 nitrogen and oxygen atoms in total. The maximum atomic E-state index is 11.0. The highest BCUT2D eigenvalue weighted by molar-refractivity contribution is 8.01. The van der Waals surface area contributed by atoms with Crippen LogP contribution in [0.1, 0.15) is 15.4 Å². The summed E-state index contributed by atoms with van der Waals surface area (Å²) in [6.07, 6.45) is 1.67. The number of rotatable bonds is 3. The van der Waals surface area contributed by atoms with Crippen molar-refractivity contribution in [3.63, 3.8) is 0 Å². The molecule has 0 unspecified atom stereocenters. The molecular formula is C13H9N3O2S2. The lowest BCUT2D eigenvalue weighted by Crippen LogP contribution is -1.94. The molecular weight excluding hydrogens is 294 g/mol. The summed E-state index contributed by atoms with van der Waals surface area (Å²) in [6.45, 7) is 1.70. The van der Waals surface area contributed by atoms with Crippen molar-refractivity contribution in [3.05, 3.63) is 41.0 Å². The molecule has 20 heavy (non-hydrogen) atoms. The number of aromatic carboxylic acids is 1. The number of hydrogen-bond acceptors (Lipinski definition) is 6. The van der Waals surface area contributed by atoms with E-state index in [1.807, 2.05) is 24.3 Å². The van der Waals surface area contributed by atoms with Gasteiger partial charge in [0, 0.05) is 10.3 Å². The van der Waals surface area contributed by atoms with Crippen molar-refractivity contribution >= 4 is 40.0 Å². The van der Waals surface area contributed by atoms with Crippen molar-refractivity contribution in [1.29, 1.82) is 0 Å². The smallest absolute Gasteiger partial charge is 0.347 e. The molecule has 1 N–H and O–H groups in total. The van der Waals surface area contributed by atoms with Crippen molar-refractivity contribution in [2.45, 2.75) is 16.2 Å². The number of aryl methyl sites for hydroxylation is 1. The van der Waals surface area contributed by atoms with Crippen LogP contribution >= 0.6 is 23.1 Å². The van der Waals surface area contributed by atoms with Crippen molar-refractivity contribution in [2.24, 2.45) is 0 Å². The molecule has 0 aliphatic heterocycles. The minimum absolute atomic E-state index is 0.277. The van der Waals surface area contributed by atoms with Gasteiger partial charge in [0.1, 0.15) is 4.88 Å². The highest BCUT2D eigenvalue weighted by Crippen LogP contribution is 2.35. The highest BCUT2D eigenvalue weighted by atomic mass is 32.2. The molecule has 3 aromatic rings. The Bertz CT molecular complexity index is 796. The predicted octanol–water partition coefficient (Wildman–Crippen LogP) is 3.24. The molecule has 0 fully saturated rings. The average molecular weight is 303 g/mol. The fraction of sp³-hybridized carbons (Fsp3) is 0.0769. The molecule has 0 aliphatic carbocycles. The maximum Gasteiger partial charge on any atom is 0.347 e. The van der Waals surface area contributed by atoms with Gasteiger partial charge < -0.3 is 5.11 Å². The van der Waals surface area contributed by atoms with Crippen LogP contribution in [0.15, 0.2) is 39.7 Å². The predicted molar refractivity (Wildman–Crippen MR) is 77.5 cm³/mol. The average Bonchev–Trinajstić information content (AvgIpc) is 2.80. The Morgan fingerprint density at radius 3 is 2.90 bits per heavy atom. The van der Waals surface area contributed by atoms with E-state index >= 15 is 0 Å². The fourth-order valence-electron chi connectivity index (χ4n) is 1.77. The Hall–Kier alpha value is -1.99. The number of benzene rings is 1. The zero-order chi connectivity index (χ0) is 14.1. The van der Waals surface area contributed by atoms with Crippen LogP contribution < -0.4 is 0 Å².